The van der Waals surface area contributed by atoms with Crippen LogP contribution in [0.5, 0.6) is 0 Å². The minimum Gasteiger partial charge on any atom is -0.365 e. The fourth-order valence-corrected chi connectivity index (χ4v) is 4.78. The molecule has 2 aliphatic rings. The van der Waals surface area contributed by atoms with E-state index in [2.05, 4.69) is 49.5 Å². The minimum atomic E-state index is -0.453. The molecule has 8 nitrogen and oxygen atoms in total. The van der Waals surface area contributed by atoms with Crippen molar-refractivity contribution >= 4 is 34.7 Å². The molecule has 2 N–H and O–H groups in total. The number of nitrogens with zero attached hydrogens (tertiary/aromatic N) is 6. The van der Waals surface area contributed by atoms with Gasteiger partial charge in [0.25, 0.3) is 5.91 Å². The van der Waals surface area contributed by atoms with Gasteiger partial charge < -0.3 is 20.1 Å². The summed E-state index contributed by atoms with van der Waals surface area (Å²) in [7, 11) is 1.99. The number of fused-ring (bicyclic) bond motifs is 2. The van der Waals surface area contributed by atoms with Crippen molar-refractivity contribution in [3.05, 3.63) is 35.7 Å². The highest BCUT2D eigenvalue weighted by molar-refractivity contribution is 6.04. The number of imidazole rings is 1. The molecule has 0 unspecified atom stereocenters. The highest BCUT2D eigenvalue weighted by Crippen LogP contribution is 2.40. The molecule has 2 aromatic heterocycles. The maximum atomic E-state index is 12.5. The second kappa shape index (κ2) is 8.35. The number of primary amides is 1. The van der Waals surface area contributed by atoms with Crippen LogP contribution in [0, 0.1) is 0 Å². The van der Waals surface area contributed by atoms with Crippen LogP contribution in [0.2, 0.25) is 0 Å². The Morgan fingerprint density at radius 3 is 2.81 bits per heavy atom. The summed E-state index contributed by atoms with van der Waals surface area (Å²) in [6, 6.07) is 6.19. The fraction of sp³-hybridized carbons (Fsp3) is 0.417. The lowest BCUT2D eigenvalue weighted by Crippen LogP contribution is -2.33. The van der Waals surface area contributed by atoms with Crippen LogP contribution in [0.4, 0.5) is 11.5 Å². The number of likely N-dealkylation sites (tertiary alicyclic amines) is 1. The molecule has 3 aromatic rings. The third-order valence-electron chi connectivity index (χ3n) is 6.56. The number of benzene rings is 1. The van der Waals surface area contributed by atoms with Crippen molar-refractivity contribution in [1.82, 2.24) is 19.4 Å². The van der Waals surface area contributed by atoms with Crippen LogP contribution in [0.25, 0.3) is 22.3 Å². The number of anilines is 1. The minimum absolute atomic E-state index is 0.453. The fourth-order valence-electron chi connectivity index (χ4n) is 4.78. The van der Waals surface area contributed by atoms with E-state index in [4.69, 9.17) is 10.7 Å². The van der Waals surface area contributed by atoms with Gasteiger partial charge in [0.2, 0.25) is 0 Å². The maximum absolute atomic E-state index is 12.5. The second-order valence-corrected chi connectivity index (χ2v) is 8.57. The first-order valence-electron chi connectivity index (χ1n) is 11.3. The van der Waals surface area contributed by atoms with E-state index in [-0.39, 0.29) is 0 Å². The summed E-state index contributed by atoms with van der Waals surface area (Å²) in [5.74, 6) is 0.182. The summed E-state index contributed by atoms with van der Waals surface area (Å²) >= 11 is 0. The standard InChI is InChI=1S/C24H29N7O/c1-3-31-15-27-18-14-16(6-7-19(18)31)21-22-17(8-9-26-22)20(23(25)32)24(28-21)29(2)12-13-30-10-4-5-11-30/h6-7,9,14-15H,3-5,8,10-13H2,1-2H3,(H2,25,32). The Kier molecular flexibility index (Phi) is 5.38. The number of amides is 1. The zero-order valence-corrected chi connectivity index (χ0v) is 18.7. The molecule has 0 spiro atoms. The number of pyridine rings is 1. The molecule has 0 aliphatic carbocycles. The van der Waals surface area contributed by atoms with Gasteiger partial charge >= 0.3 is 0 Å². The Morgan fingerprint density at radius 2 is 2.06 bits per heavy atom. The summed E-state index contributed by atoms with van der Waals surface area (Å²) in [6.45, 7) is 6.97. The maximum Gasteiger partial charge on any atom is 0.252 e. The van der Waals surface area contributed by atoms with E-state index < -0.39 is 5.91 Å². The van der Waals surface area contributed by atoms with Gasteiger partial charge in [0, 0.05) is 50.4 Å². The number of aromatic nitrogens is 3. The van der Waals surface area contributed by atoms with Gasteiger partial charge in [0.1, 0.15) is 5.82 Å². The average molecular weight is 432 g/mol. The first-order chi connectivity index (χ1) is 15.6. The molecule has 166 valence electrons. The Morgan fingerprint density at radius 1 is 1.25 bits per heavy atom. The monoisotopic (exact) mass is 431 g/mol. The van der Waals surface area contributed by atoms with E-state index in [0.717, 1.165) is 66.3 Å². The van der Waals surface area contributed by atoms with Crippen LogP contribution < -0.4 is 10.6 Å². The molecule has 2 aliphatic heterocycles. The molecule has 0 radical (unpaired) electrons. The van der Waals surface area contributed by atoms with Crippen molar-refractivity contribution in [2.24, 2.45) is 10.7 Å². The Balaban J connectivity index is 1.58. The third kappa shape index (κ3) is 3.54. The van der Waals surface area contributed by atoms with Crippen molar-refractivity contribution < 1.29 is 4.79 Å². The number of hydrogen-bond acceptors (Lipinski definition) is 6. The highest BCUT2D eigenvalue weighted by atomic mass is 16.1. The van der Waals surface area contributed by atoms with E-state index in [1.165, 1.54) is 12.8 Å². The van der Waals surface area contributed by atoms with Crippen LogP contribution >= 0.6 is 0 Å². The van der Waals surface area contributed by atoms with E-state index in [1.54, 1.807) is 0 Å². The van der Waals surface area contributed by atoms with Gasteiger partial charge in [-0.15, -0.1) is 0 Å². The molecule has 0 atom stereocenters. The quantitative estimate of drug-likeness (QED) is 0.621. The molecule has 0 saturated carbocycles. The first kappa shape index (κ1) is 20.6. The topological polar surface area (TPSA) is 92.6 Å². The molecule has 4 heterocycles. The van der Waals surface area contributed by atoms with Crippen molar-refractivity contribution in [1.29, 1.82) is 0 Å². The summed E-state index contributed by atoms with van der Waals surface area (Å²) in [6.07, 6.45) is 6.79. The summed E-state index contributed by atoms with van der Waals surface area (Å²) in [4.78, 5) is 31.1. The number of carbonyl (C=O) groups is 1. The first-order valence-corrected chi connectivity index (χ1v) is 11.3. The lowest BCUT2D eigenvalue weighted by Gasteiger charge is -2.25. The zero-order chi connectivity index (χ0) is 22.2. The smallest absolute Gasteiger partial charge is 0.252 e. The van der Waals surface area contributed by atoms with Gasteiger partial charge in [-0.2, -0.15) is 0 Å². The molecule has 1 amide bonds. The van der Waals surface area contributed by atoms with Crippen molar-refractivity contribution in [3.63, 3.8) is 0 Å². The summed E-state index contributed by atoms with van der Waals surface area (Å²) < 4.78 is 2.11. The van der Waals surface area contributed by atoms with Crippen molar-refractivity contribution in [2.75, 3.05) is 38.1 Å². The van der Waals surface area contributed by atoms with Gasteiger partial charge in [-0.3, -0.25) is 9.79 Å². The molecule has 1 aromatic carbocycles. The summed E-state index contributed by atoms with van der Waals surface area (Å²) in [5.41, 5.74) is 11.7. The van der Waals surface area contributed by atoms with Crippen LogP contribution in [0.1, 0.15) is 35.7 Å². The van der Waals surface area contributed by atoms with E-state index in [9.17, 15) is 4.79 Å². The predicted molar refractivity (Wildman–Crippen MR) is 128 cm³/mol. The number of carbonyl (C=O) groups excluding carboxylic acids is 1. The molecule has 32 heavy (non-hydrogen) atoms. The number of nitrogens with two attached hydrogens (primary N) is 1. The number of aliphatic imine (C=N–C) groups is 1. The van der Waals surface area contributed by atoms with Gasteiger partial charge in [0.05, 0.1) is 34.3 Å². The average Bonchev–Trinajstić information content (AvgIpc) is 3.56. The predicted octanol–water partition coefficient (Wildman–Crippen LogP) is 3.01. The van der Waals surface area contributed by atoms with E-state index in [0.29, 0.717) is 17.8 Å². The van der Waals surface area contributed by atoms with Crippen molar-refractivity contribution in [2.45, 2.75) is 32.7 Å². The van der Waals surface area contributed by atoms with Gasteiger partial charge in [-0.1, -0.05) is 6.07 Å². The Bertz CT molecular complexity index is 1210. The Hall–Kier alpha value is -3.26. The van der Waals surface area contributed by atoms with Crippen LogP contribution in [-0.4, -0.2) is 64.8 Å². The second-order valence-electron chi connectivity index (χ2n) is 8.57. The molecular formula is C24H29N7O. The van der Waals surface area contributed by atoms with Gasteiger partial charge in [0.15, 0.2) is 0 Å². The van der Waals surface area contributed by atoms with E-state index >= 15 is 0 Å². The molecular weight excluding hydrogens is 402 g/mol. The zero-order valence-electron chi connectivity index (χ0n) is 18.7. The summed E-state index contributed by atoms with van der Waals surface area (Å²) in [5, 5.41) is 0. The van der Waals surface area contributed by atoms with E-state index in [1.807, 2.05) is 19.6 Å². The van der Waals surface area contributed by atoms with Gasteiger partial charge in [-0.25, -0.2) is 9.97 Å². The SMILES string of the molecule is CCn1cnc2cc(-c3nc(N(C)CCN4CCCC4)c(C(N)=O)c4c3N=CC4)ccc21. The highest BCUT2D eigenvalue weighted by Gasteiger charge is 2.27. The molecule has 1 saturated heterocycles. The lowest BCUT2D eigenvalue weighted by atomic mass is 9.99. The largest absolute Gasteiger partial charge is 0.365 e. The number of likely N-dealkylation sites (N-methyl/N-ethyl adjacent to an activating group) is 1. The van der Waals surface area contributed by atoms with Crippen LogP contribution in [0.15, 0.2) is 29.5 Å². The Labute approximate surface area is 187 Å². The number of hydrogen-bond donors (Lipinski definition) is 1. The van der Waals surface area contributed by atoms with Crippen molar-refractivity contribution in [3.8, 4) is 11.3 Å². The van der Waals surface area contributed by atoms with Gasteiger partial charge in [-0.05, 0) is 45.0 Å². The van der Waals surface area contributed by atoms with Crippen LogP contribution in [-0.2, 0) is 13.0 Å². The lowest BCUT2D eigenvalue weighted by molar-refractivity contribution is 0.1000. The number of rotatable bonds is 7. The van der Waals surface area contributed by atoms with Crippen LogP contribution in [0.3, 0.4) is 0 Å². The molecule has 8 heteroatoms. The molecule has 0 bridgehead atoms. The number of aryl methyl sites for hydroxylation is 1. The normalized spacial score (nSPS) is 15.6. The third-order valence-corrected chi connectivity index (χ3v) is 6.56. The molecule has 5 rings (SSSR count). The molecule has 1 fully saturated rings.